The van der Waals surface area contributed by atoms with Crippen molar-refractivity contribution >= 4 is 11.8 Å². The highest BCUT2D eigenvalue weighted by Crippen LogP contribution is 2.35. The average molecular weight is 413 g/mol. The summed E-state index contributed by atoms with van der Waals surface area (Å²) < 4.78 is 53.2. The summed E-state index contributed by atoms with van der Waals surface area (Å²) in [7, 11) is 0. The smallest absolute Gasteiger partial charge is 0.408 e. The lowest BCUT2D eigenvalue weighted by Gasteiger charge is -2.42. The number of alkyl halides is 3. The fourth-order valence-corrected chi connectivity index (χ4v) is 4.04. The molecular formula is C18H22F3N5O3. The van der Waals surface area contributed by atoms with E-state index in [1.165, 1.54) is 23.1 Å². The summed E-state index contributed by atoms with van der Waals surface area (Å²) in [5.41, 5.74) is -0.381. The standard InChI is InChI=1S/C18H22F3N5O3/c1-11-9-28-10-12(2)26(11)14-7-16(27)24-5-3-13(18(19,20)21)25(17(24)23-14)8-15-22-4-6-29-15/h4,6-7,11-13H,3,5,8-10H2,1-2H3. The number of ether oxygens (including phenoxy) is 1. The first-order valence-corrected chi connectivity index (χ1v) is 9.45. The van der Waals surface area contributed by atoms with Gasteiger partial charge in [0, 0.05) is 12.6 Å². The highest BCUT2D eigenvalue weighted by molar-refractivity contribution is 5.48. The number of hydrogen-bond acceptors (Lipinski definition) is 7. The molecule has 1 fully saturated rings. The van der Waals surface area contributed by atoms with Crippen LogP contribution in [0.2, 0.25) is 0 Å². The lowest BCUT2D eigenvalue weighted by Crippen LogP contribution is -2.53. The third-order valence-corrected chi connectivity index (χ3v) is 5.33. The van der Waals surface area contributed by atoms with Gasteiger partial charge >= 0.3 is 6.18 Å². The first-order chi connectivity index (χ1) is 13.8. The summed E-state index contributed by atoms with van der Waals surface area (Å²) in [6, 6.07) is -0.512. The van der Waals surface area contributed by atoms with Crippen LogP contribution in [-0.4, -0.2) is 52.1 Å². The van der Waals surface area contributed by atoms with Crippen molar-refractivity contribution in [3.8, 4) is 0 Å². The maximum Gasteiger partial charge on any atom is 0.408 e. The van der Waals surface area contributed by atoms with Crippen LogP contribution in [0.5, 0.6) is 0 Å². The van der Waals surface area contributed by atoms with Crippen molar-refractivity contribution in [1.82, 2.24) is 14.5 Å². The van der Waals surface area contributed by atoms with Gasteiger partial charge in [-0.25, -0.2) is 4.98 Å². The Balaban J connectivity index is 1.80. The summed E-state index contributed by atoms with van der Waals surface area (Å²) in [6.45, 7) is 4.48. The Hall–Kier alpha value is -2.56. The molecule has 0 aromatic carbocycles. The Morgan fingerprint density at radius 2 is 1.97 bits per heavy atom. The first-order valence-electron chi connectivity index (χ1n) is 9.45. The number of halogens is 3. The number of aromatic nitrogens is 3. The molecular weight excluding hydrogens is 391 g/mol. The number of rotatable bonds is 3. The predicted molar refractivity (Wildman–Crippen MR) is 97.9 cm³/mol. The zero-order chi connectivity index (χ0) is 20.8. The van der Waals surface area contributed by atoms with Crippen molar-refractivity contribution in [3.63, 3.8) is 0 Å². The van der Waals surface area contributed by atoms with Crippen LogP contribution in [0.4, 0.5) is 24.9 Å². The van der Waals surface area contributed by atoms with Crippen LogP contribution in [0.1, 0.15) is 26.2 Å². The van der Waals surface area contributed by atoms with Crippen molar-refractivity contribution in [2.75, 3.05) is 23.0 Å². The van der Waals surface area contributed by atoms with Crippen LogP contribution >= 0.6 is 0 Å². The van der Waals surface area contributed by atoms with Crippen molar-refractivity contribution in [2.24, 2.45) is 0 Å². The van der Waals surface area contributed by atoms with E-state index in [4.69, 9.17) is 9.15 Å². The van der Waals surface area contributed by atoms with Crippen LogP contribution in [0.25, 0.3) is 0 Å². The van der Waals surface area contributed by atoms with Gasteiger partial charge in [-0.2, -0.15) is 18.2 Å². The van der Waals surface area contributed by atoms with Gasteiger partial charge in [0.15, 0.2) is 0 Å². The van der Waals surface area contributed by atoms with Crippen molar-refractivity contribution < 1.29 is 22.3 Å². The van der Waals surface area contributed by atoms with E-state index in [2.05, 4.69) is 9.97 Å². The van der Waals surface area contributed by atoms with Crippen LogP contribution < -0.4 is 15.4 Å². The second kappa shape index (κ2) is 7.36. The predicted octanol–water partition coefficient (Wildman–Crippen LogP) is 2.19. The molecule has 0 N–H and O–H groups in total. The summed E-state index contributed by atoms with van der Waals surface area (Å²) in [4.78, 5) is 24.2. The van der Waals surface area contributed by atoms with Gasteiger partial charge < -0.3 is 19.0 Å². The molecule has 8 nitrogen and oxygen atoms in total. The van der Waals surface area contributed by atoms with Gasteiger partial charge in [-0.15, -0.1) is 0 Å². The van der Waals surface area contributed by atoms with Gasteiger partial charge in [0.05, 0.1) is 38.0 Å². The SMILES string of the molecule is CC1COCC(C)N1c1cc(=O)n2c(n1)N(Cc1ncco1)C(C(F)(F)F)CC2. The molecule has 2 aromatic heterocycles. The quantitative estimate of drug-likeness (QED) is 0.763. The minimum atomic E-state index is -4.48. The summed E-state index contributed by atoms with van der Waals surface area (Å²) in [5, 5.41) is 0. The highest BCUT2D eigenvalue weighted by atomic mass is 19.4. The van der Waals surface area contributed by atoms with Gasteiger partial charge in [0.25, 0.3) is 5.56 Å². The number of morpholine rings is 1. The lowest BCUT2D eigenvalue weighted by atomic mass is 10.1. The van der Waals surface area contributed by atoms with E-state index < -0.39 is 12.2 Å². The molecule has 29 heavy (non-hydrogen) atoms. The molecule has 2 aromatic rings. The third kappa shape index (κ3) is 3.70. The molecule has 3 atom stereocenters. The van der Waals surface area contributed by atoms with Crippen molar-refractivity contribution in [1.29, 1.82) is 0 Å². The molecule has 158 valence electrons. The summed E-state index contributed by atoms with van der Waals surface area (Å²) in [6.07, 6.45) is -2.06. The highest BCUT2D eigenvalue weighted by Gasteiger charge is 2.47. The maximum absolute atomic E-state index is 13.8. The monoisotopic (exact) mass is 413 g/mol. The Morgan fingerprint density at radius 3 is 2.59 bits per heavy atom. The second-order valence-electron chi connectivity index (χ2n) is 7.45. The molecule has 0 saturated carbocycles. The topological polar surface area (TPSA) is 76.6 Å². The summed E-state index contributed by atoms with van der Waals surface area (Å²) >= 11 is 0. The molecule has 0 bridgehead atoms. The molecule has 2 aliphatic rings. The van der Waals surface area contributed by atoms with E-state index in [0.29, 0.717) is 19.0 Å². The molecule has 0 spiro atoms. The molecule has 4 heterocycles. The van der Waals surface area contributed by atoms with Crippen LogP contribution in [0, 0.1) is 0 Å². The number of oxazole rings is 1. The van der Waals surface area contributed by atoms with E-state index in [-0.39, 0.29) is 49.0 Å². The molecule has 1 saturated heterocycles. The van der Waals surface area contributed by atoms with Gasteiger partial charge in [-0.1, -0.05) is 0 Å². The third-order valence-electron chi connectivity index (χ3n) is 5.33. The zero-order valence-electron chi connectivity index (χ0n) is 16.1. The minimum absolute atomic E-state index is 0.0230. The number of fused-ring (bicyclic) bond motifs is 1. The zero-order valence-corrected chi connectivity index (χ0v) is 16.1. The van der Waals surface area contributed by atoms with Gasteiger partial charge in [-0.3, -0.25) is 9.36 Å². The van der Waals surface area contributed by atoms with E-state index in [1.54, 1.807) is 0 Å². The fraction of sp³-hybridized carbons (Fsp3) is 0.611. The Bertz CT molecular complexity index is 904. The normalized spacial score (nSPS) is 25.2. The van der Waals surface area contributed by atoms with E-state index in [1.807, 2.05) is 18.7 Å². The number of nitrogens with zero attached hydrogens (tertiary/aromatic N) is 5. The van der Waals surface area contributed by atoms with E-state index >= 15 is 0 Å². The average Bonchev–Trinajstić information content (AvgIpc) is 3.14. The molecule has 11 heteroatoms. The van der Waals surface area contributed by atoms with Crippen LogP contribution in [-0.2, 0) is 17.8 Å². The Labute approximate surface area is 164 Å². The largest absolute Gasteiger partial charge is 0.447 e. The molecule has 4 rings (SSSR count). The van der Waals surface area contributed by atoms with Crippen LogP contribution in [0.3, 0.4) is 0 Å². The first kappa shape index (κ1) is 19.7. The van der Waals surface area contributed by atoms with Crippen LogP contribution in [0.15, 0.2) is 27.7 Å². The fourth-order valence-electron chi connectivity index (χ4n) is 4.04. The number of anilines is 2. The summed E-state index contributed by atoms with van der Waals surface area (Å²) in [5.74, 6) is 0.454. The van der Waals surface area contributed by atoms with Gasteiger partial charge in [-0.05, 0) is 20.3 Å². The van der Waals surface area contributed by atoms with Gasteiger partial charge in [0.1, 0.15) is 18.1 Å². The van der Waals surface area contributed by atoms with E-state index in [9.17, 15) is 18.0 Å². The second-order valence-corrected chi connectivity index (χ2v) is 7.45. The maximum atomic E-state index is 13.8. The Morgan fingerprint density at radius 1 is 1.24 bits per heavy atom. The molecule has 2 aliphatic heterocycles. The van der Waals surface area contributed by atoms with Crippen molar-refractivity contribution in [3.05, 3.63) is 34.8 Å². The number of hydrogen-bond donors (Lipinski definition) is 0. The Kier molecular flexibility index (Phi) is 5.01. The lowest BCUT2D eigenvalue weighted by molar-refractivity contribution is -0.153. The molecule has 0 aliphatic carbocycles. The molecule has 3 unspecified atom stereocenters. The van der Waals surface area contributed by atoms with Gasteiger partial charge in [0.2, 0.25) is 11.8 Å². The molecule has 0 amide bonds. The molecule has 0 radical (unpaired) electrons. The van der Waals surface area contributed by atoms with E-state index in [0.717, 1.165) is 4.90 Å². The van der Waals surface area contributed by atoms with Crippen molar-refractivity contribution in [2.45, 2.75) is 57.7 Å². The minimum Gasteiger partial charge on any atom is -0.447 e.